The number of phosphoric ester groups is 2. The first-order valence-electron chi connectivity index (χ1n) is 46.0. The lowest BCUT2D eigenvalue weighted by Gasteiger charge is -2.21. The Balaban J connectivity index is 5.21. The van der Waals surface area contributed by atoms with Crippen LogP contribution in [0.1, 0.15) is 478 Å². The Morgan fingerprint density at radius 3 is 0.630 bits per heavy atom. The van der Waals surface area contributed by atoms with Crippen molar-refractivity contribution in [1.82, 2.24) is 0 Å². The number of esters is 4. The Labute approximate surface area is 664 Å². The molecule has 17 nitrogen and oxygen atoms in total. The van der Waals surface area contributed by atoms with Crippen LogP contribution in [0.15, 0.2) is 0 Å². The molecule has 108 heavy (non-hydrogen) atoms. The lowest BCUT2D eigenvalue weighted by Crippen LogP contribution is -2.30. The molecule has 2 unspecified atom stereocenters. The third-order valence-corrected chi connectivity index (χ3v) is 22.9. The Bertz CT molecular complexity index is 2060. The molecule has 0 aromatic heterocycles. The molecule has 0 aliphatic rings. The van der Waals surface area contributed by atoms with Gasteiger partial charge in [-0.05, 0) is 37.5 Å². The van der Waals surface area contributed by atoms with Gasteiger partial charge in [0.15, 0.2) is 12.2 Å². The van der Waals surface area contributed by atoms with Gasteiger partial charge < -0.3 is 33.8 Å². The highest BCUT2D eigenvalue weighted by molar-refractivity contribution is 7.47. The summed E-state index contributed by atoms with van der Waals surface area (Å²) in [6.07, 6.45) is 73.8. The second-order valence-corrected chi connectivity index (χ2v) is 35.8. The van der Waals surface area contributed by atoms with Crippen molar-refractivity contribution in [3.8, 4) is 0 Å². The quantitative estimate of drug-likeness (QED) is 0.0222. The number of phosphoric acid groups is 2. The molecular formula is C89H174O17P2. The van der Waals surface area contributed by atoms with Gasteiger partial charge in [0.25, 0.3) is 0 Å². The molecular weight excluding hydrogens is 1400 g/mol. The zero-order valence-electron chi connectivity index (χ0n) is 71.2. The van der Waals surface area contributed by atoms with Crippen molar-refractivity contribution in [2.24, 2.45) is 11.8 Å². The molecule has 3 N–H and O–H groups in total. The number of hydrogen-bond acceptors (Lipinski definition) is 15. The molecule has 0 radical (unpaired) electrons. The Morgan fingerprint density at radius 2 is 0.426 bits per heavy atom. The largest absolute Gasteiger partial charge is 0.472 e. The van der Waals surface area contributed by atoms with Crippen molar-refractivity contribution in [3.63, 3.8) is 0 Å². The topological polar surface area (TPSA) is 237 Å². The summed E-state index contributed by atoms with van der Waals surface area (Å²) >= 11 is 0. The molecule has 0 bridgehead atoms. The van der Waals surface area contributed by atoms with Crippen molar-refractivity contribution in [2.75, 3.05) is 39.6 Å². The standard InChI is InChI=1S/C89H174O17P2/c1-7-9-11-13-15-17-19-21-23-25-26-27-28-32-36-39-43-47-53-59-65-71-86(91)99-77-84(105-88(93)73-68-62-55-49-45-41-37-33-30-29-31-34-38-42-46-51-57-63-69-81(3)4)79-103-107(95,96)101-75-83(90)76-102-108(97,98)104-80-85(78-100-87(92)72-66-60-56-50-52-58-64-70-82(5)6)106-89(94)74-67-61-54-48-44-40-35-24-22-20-18-16-14-12-10-8-2/h81-85,90H,7-80H2,1-6H3,(H,95,96)(H,97,98)/t83-,84-,85-/m1/s1. The van der Waals surface area contributed by atoms with E-state index in [2.05, 4.69) is 41.5 Å². The van der Waals surface area contributed by atoms with E-state index in [1.54, 1.807) is 0 Å². The van der Waals surface area contributed by atoms with Crippen molar-refractivity contribution < 1.29 is 80.2 Å². The number of carbonyl (C=O) groups is 4. The molecule has 0 rings (SSSR count). The molecule has 0 amide bonds. The number of unbranched alkanes of at least 4 members (excludes halogenated alkanes) is 58. The third-order valence-electron chi connectivity index (χ3n) is 21.0. The van der Waals surface area contributed by atoms with Gasteiger partial charge in [-0.15, -0.1) is 0 Å². The number of ether oxygens (including phenoxy) is 4. The fourth-order valence-corrected chi connectivity index (χ4v) is 15.5. The van der Waals surface area contributed by atoms with E-state index < -0.39 is 97.5 Å². The van der Waals surface area contributed by atoms with Crippen molar-refractivity contribution >= 4 is 39.5 Å². The number of carbonyl (C=O) groups excluding carboxylic acids is 4. The normalized spacial score (nSPS) is 13.8. The molecule has 0 saturated heterocycles. The van der Waals surface area contributed by atoms with Gasteiger partial charge in [-0.2, -0.15) is 0 Å². The van der Waals surface area contributed by atoms with Gasteiger partial charge in [0, 0.05) is 25.7 Å². The van der Waals surface area contributed by atoms with E-state index in [0.29, 0.717) is 31.6 Å². The van der Waals surface area contributed by atoms with Gasteiger partial charge in [-0.25, -0.2) is 9.13 Å². The minimum atomic E-state index is -4.97. The van der Waals surface area contributed by atoms with Crippen molar-refractivity contribution in [3.05, 3.63) is 0 Å². The van der Waals surface area contributed by atoms with Gasteiger partial charge >= 0.3 is 39.5 Å². The van der Waals surface area contributed by atoms with Crippen LogP contribution in [0.2, 0.25) is 0 Å². The molecule has 0 aromatic rings. The van der Waals surface area contributed by atoms with Gasteiger partial charge in [-0.3, -0.25) is 37.3 Å². The number of rotatable bonds is 88. The fraction of sp³-hybridized carbons (Fsp3) is 0.955. The average Bonchev–Trinajstić information content (AvgIpc) is 0.899. The highest BCUT2D eigenvalue weighted by Gasteiger charge is 2.31. The minimum absolute atomic E-state index is 0.108. The maximum absolute atomic E-state index is 13.2. The van der Waals surface area contributed by atoms with E-state index in [4.69, 9.17) is 37.0 Å². The maximum Gasteiger partial charge on any atom is 0.472 e. The monoisotopic (exact) mass is 1580 g/mol. The molecule has 0 fully saturated rings. The van der Waals surface area contributed by atoms with Gasteiger partial charge in [-0.1, -0.05) is 427 Å². The van der Waals surface area contributed by atoms with E-state index in [1.165, 1.54) is 289 Å². The van der Waals surface area contributed by atoms with Crippen LogP contribution < -0.4 is 0 Å². The highest BCUT2D eigenvalue weighted by atomic mass is 31.2. The predicted molar refractivity (Wildman–Crippen MR) is 446 cm³/mol. The second-order valence-electron chi connectivity index (χ2n) is 32.9. The number of hydrogen-bond donors (Lipinski definition) is 3. The van der Waals surface area contributed by atoms with E-state index in [9.17, 15) is 43.2 Å². The van der Waals surface area contributed by atoms with E-state index in [0.717, 1.165) is 102 Å². The molecule has 0 aliphatic heterocycles. The summed E-state index contributed by atoms with van der Waals surface area (Å²) in [4.78, 5) is 73.3. The number of aliphatic hydroxyl groups excluding tert-OH is 1. The first kappa shape index (κ1) is 106. The molecule has 0 spiro atoms. The Hall–Kier alpha value is -1.94. The SMILES string of the molecule is CCCCCCCCCCCCCCCCCCCCCCCC(=O)OC[C@H](COP(=O)(O)OC[C@@H](O)COP(=O)(O)OC[C@@H](COC(=O)CCCCCCCCCC(C)C)OC(=O)CCCCCCCCCCCCCCCCCC)OC(=O)CCCCCCCCCCCCCCCCCCCCC(C)C. The zero-order chi connectivity index (χ0) is 79.2. The summed E-state index contributed by atoms with van der Waals surface area (Å²) in [5.41, 5.74) is 0. The van der Waals surface area contributed by atoms with Crippen LogP contribution in [0, 0.1) is 11.8 Å². The van der Waals surface area contributed by atoms with Crippen LogP contribution in [0.5, 0.6) is 0 Å². The summed E-state index contributed by atoms with van der Waals surface area (Å²) in [5, 5.41) is 10.7. The molecule has 0 aromatic carbocycles. The average molecular weight is 1580 g/mol. The van der Waals surface area contributed by atoms with Crippen LogP contribution >= 0.6 is 15.6 Å². The van der Waals surface area contributed by atoms with E-state index >= 15 is 0 Å². The summed E-state index contributed by atoms with van der Waals surface area (Å²) < 4.78 is 69.0. The van der Waals surface area contributed by atoms with Crippen LogP contribution in [-0.2, 0) is 65.4 Å². The minimum Gasteiger partial charge on any atom is -0.462 e. The lowest BCUT2D eigenvalue weighted by molar-refractivity contribution is -0.161. The lowest BCUT2D eigenvalue weighted by atomic mass is 10.0. The van der Waals surface area contributed by atoms with Crippen LogP contribution in [0.3, 0.4) is 0 Å². The van der Waals surface area contributed by atoms with Crippen LogP contribution in [0.25, 0.3) is 0 Å². The first-order valence-corrected chi connectivity index (χ1v) is 49.0. The molecule has 0 heterocycles. The molecule has 0 aliphatic carbocycles. The van der Waals surface area contributed by atoms with Gasteiger partial charge in [0.1, 0.15) is 19.3 Å². The van der Waals surface area contributed by atoms with Crippen molar-refractivity contribution in [2.45, 2.75) is 496 Å². The fourth-order valence-electron chi connectivity index (χ4n) is 14.0. The highest BCUT2D eigenvalue weighted by Crippen LogP contribution is 2.45. The molecule has 5 atom stereocenters. The summed E-state index contributed by atoms with van der Waals surface area (Å²) in [5.74, 6) is -0.575. The zero-order valence-corrected chi connectivity index (χ0v) is 73.0. The van der Waals surface area contributed by atoms with E-state index in [-0.39, 0.29) is 25.7 Å². The third kappa shape index (κ3) is 82.1. The summed E-state index contributed by atoms with van der Waals surface area (Å²) in [6, 6.07) is 0. The van der Waals surface area contributed by atoms with Crippen molar-refractivity contribution in [1.29, 1.82) is 0 Å². The van der Waals surface area contributed by atoms with Crippen LogP contribution in [-0.4, -0.2) is 96.7 Å². The molecule has 642 valence electrons. The first-order chi connectivity index (χ1) is 52.4. The maximum atomic E-state index is 13.2. The predicted octanol–water partition coefficient (Wildman–Crippen LogP) is 27.4. The molecule has 19 heteroatoms. The summed E-state index contributed by atoms with van der Waals surface area (Å²) in [7, 11) is -9.93. The molecule has 0 saturated carbocycles. The Kier molecular flexibility index (Phi) is 78.8. The smallest absolute Gasteiger partial charge is 0.462 e. The van der Waals surface area contributed by atoms with E-state index in [1.807, 2.05) is 0 Å². The summed E-state index contributed by atoms with van der Waals surface area (Å²) in [6.45, 7) is 9.67. The second kappa shape index (κ2) is 80.3. The Morgan fingerprint density at radius 1 is 0.250 bits per heavy atom. The van der Waals surface area contributed by atoms with Crippen LogP contribution in [0.4, 0.5) is 0 Å². The van der Waals surface area contributed by atoms with Gasteiger partial charge in [0.05, 0.1) is 26.4 Å². The number of aliphatic hydroxyl groups is 1. The van der Waals surface area contributed by atoms with Gasteiger partial charge in [0.2, 0.25) is 0 Å².